The van der Waals surface area contributed by atoms with E-state index in [9.17, 15) is 4.79 Å². The second-order valence-corrected chi connectivity index (χ2v) is 7.68. The first kappa shape index (κ1) is 19.4. The van der Waals surface area contributed by atoms with Crippen LogP contribution >= 0.6 is 0 Å². The van der Waals surface area contributed by atoms with Gasteiger partial charge in [0.2, 0.25) is 5.91 Å². The third-order valence-electron chi connectivity index (χ3n) is 4.59. The molecule has 0 saturated carbocycles. The minimum atomic E-state index is -0.407. The molecule has 1 heterocycles. The van der Waals surface area contributed by atoms with E-state index in [0.29, 0.717) is 6.10 Å². The highest BCUT2D eigenvalue weighted by atomic mass is 16.5. The highest BCUT2D eigenvalue weighted by Crippen LogP contribution is 2.27. The van der Waals surface area contributed by atoms with E-state index in [4.69, 9.17) is 4.74 Å². The Kier molecular flexibility index (Phi) is 7.84. The molecule has 1 N–H and O–H groups in total. The maximum atomic E-state index is 12.4. The van der Waals surface area contributed by atoms with Crippen LogP contribution in [0.15, 0.2) is 0 Å². The molecule has 0 radical (unpaired) electrons. The van der Waals surface area contributed by atoms with Gasteiger partial charge in [0.05, 0.1) is 11.6 Å². The molecule has 0 aromatic heterocycles. The van der Waals surface area contributed by atoms with Crippen LogP contribution in [0.5, 0.6) is 0 Å². The molecule has 0 aromatic carbocycles. The van der Waals surface area contributed by atoms with Crippen LogP contribution in [-0.4, -0.2) is 48.2 Å². The average Bonchev–Trinajstić information content (AvgIpc) is 2.43. The summed E-state index contributed by atoms with van der Waals surface area (Å²) in [5.74, 6) is 0.933. The number of piperidine rings is 1. The van der Waals surface area contributed by atoms with Crippen LogP contribution in [0.3, 0.4) is 0 Å². The molecule has 1 rings (SSSR count). The number of ether oxygens (including phenoxy) is 1. The topological polar surface area (TPSA) is 41.6 Å². The van der Waals surface area contributed by atoms with Gasteiger partial charge in [0.25, 0.3) is 0 Å². The van der Waals surface area contributed by atoms with Crippen molar-refractivity contribution in [2.24, 2.45) is 5.92 Å². The van der Waals surface area contributed by atoms with E-state index in [0.717, 1.165) is 32.0 Å². The van der Waals surface area contributed by atoms with Gasteiger partial charge in [-0.3, -0.25) is 9.69 Å². The smallest absolute Gasteiger partial charge is 0.240 e. The number of amides is 1. The van der Waals surface area contributed by atoms with E-state index in [1.807, 2.05) is 27.7 Å². The average molecular weight is 312 g/mol. The molecule has 130 valence electrons. The van der Waals surface area contributed by atoms with Crippen LogP contribution in [0.4, 0.5) is 0 Å². The highest BCUT2D eigenvalue weighted by molar-refractivity contribution is 5.85. The van der Waals surface area contributed by atoms with Gasteiger partial charge >= 0.3 is 0 Å². The predicted octanol–water partition coefficient (Wildman–Crippen LogP) is 3.21. The Balaban J connectivity index is 2.33. The van der Waals surface area contributed by atoms with E-state index >= 15 is 0 Å². The second-order valence-electron chi connectivity index (χ2n) is 7.68. The number of nitrogens with one attached hydrogen (secondary N) is 1. The summed E-state index contributed by atoms with van der Waals surface area (Å²) in [6.45, 7) is 15.2. The first-order chi connectivity index (χ1) is 10.2. The van der Waals surface area contributed by atoms with Gasteiger partial charge in [-0.2, -0.15) is 0 Å². The molecule has 4 heteroatoms. The van der Waals surface area contributed by atoms with E-state index < -0.39 is 5.54 Å². The number of rotatable bonds is 8. The summed E-state index contributed by atoms with van der Waals surface area (Å²) in [5.41, 5.74) is -0.407. The number of carbonyl (C=O) groups excluding carboxylic acids is 1. The molecule has 1 fully saturated rings. The molecule has 0 atom stereocenters. The van der Waals surface area contributed by atoms with Crippen LogP contribution in [0.25, 0.3) is 0 Å². The molecule has 1 saturated heterocycles. The Morgan fingerprint density at radius 1 is 1.23 bits per heavy atom. The van der Waals surface area contributed by atoms with Gasteiger partial charge < -0.3 is 10.1 Å². The third kappa shape index (κ3) is 6.25. The quantitative estimate of drug-likeness (QED) is 0.700. The lowest BCUT2D eigenvalue weighted by Crippen LogP contribution is -2.58. The van der Waals surface area contributed by atoms with Crippen molar-refractivity contribution in [2.45, 2.75) is 84.9 Å². The molecular weight excluding hydrogens is 276 g/mol. The number of hydrogen-bond donors (Lipinski definition) is 1. The Labute approximate surface area is 137 Å². The summed E-state index contributed by atoms with van der Waals surface area (Å²) in [7, 11) is 0. The minimum Gasteiger partial charge on any atom is -0.379 e. The summed E-state index contributed by atoms with van der Waals surface area (Å²) in [4.78, 5) is 14.7. The molecule has 0 unspecified atom stereocenters. The molecule has 4 nitrogen and oxygen atoms in total. The summed E-state index contributed by atoms with van der Waals surface area (Å²) in [6.07, 6.45) is 5.13. The van der Waals surface area contributed by atoms with Crippen LogP contribution < -0.4 is 5.32 Å². The third-order valence-corrected chi connectivity index (χ3v) is 4.59. The molecule has 0 bridgehead atoms. The van der Waals surface area contributed by atoms with Crippen molar-refractivity contribution in [2.75, 3.05) is 19.7 Å². The molecule has 1 amide bonds. The SMILES string of the molecule is CC(C)NC(=O)C(C)(C)N1CCC(CCCOC(C)C)CC1. The first-order valence-electron chi connectivity index (χ1n) is 8.91. The molecule has 0 spiro atoms. The largest absolute Gasteiger partial charge is 0.379 e. The van der Waals surface area contributed by atoms with Crippen molar-refractivity contribution >= 4 is 5.91 Å². The number of carbonyl (C=O) groups is 1. The monoisotopic (exact) mass is 312 g/mol. The molecule has 0 aromatic rings. The molecule has 22 heavy (non-hydrogen) atoms. The van der Waals surface area contributed by atoms with Crippen molar-refractivity contribution in [3.8, 4) is 0 Å². The van der Waals surface area contributed by atoms with E-state index in [1.165, 1.54) is 19.3 Å². The number of hydrogen-bond acceptors (Lipinski definition) is 3. The van der Waals surface area contributed by atoms with E-state index in [1.54, 1.807) is 0 Å². The summed E-state index contributed by atoms with van der Waals surface area (Å²) in [5, 5.41) is 3.05. The van der Waals surface area contributed by atoms with Gasteiger partial charge in [0, 0.05) is 12.6 Å². The zero-order valence-electron chi connectivity index (χ0n) is 15.4. The first-order valence-corrected chi connectivity index (χ1v) is 8.91. The molecule has 0 aliphatic carbocycles. The fraction of sp³-hybridized carbons (Fsp3) is 0.944. The Morgan fingerprint density at radius 3 is 2.32 bits per heavy atom. The van der Waals surface area contributed by atoms with Crippen LogP contribution in [0.1, 0.15) is 67.2 Å². The fourth-order valence-corrected chi connectivity index (χ4v) is 3.05. The Bertz CT molecular complexity index is 332. The van der Waals surface area contributed by atoms with Crippen LogP contribution in [0, 0.1) is 5.92 Å². The molecule has 1 aliphatic rings. The van der Waals surface area contributed by atoms with Crippen LogP contribution in [0.2, 0.25) is 0 Å². The zero-order chi connectivity index (χ0) is 16.8. The van der Waals surface area contributed by atoms with Gasteiger partial charge in [0.1, 0.15) is 0 Å². The van der Waals surface area contributed by atoms with Crippen molar-refractivity contribution in [3.63, 3.8) is 0 Å². The van der Waals surface area contributed by atoms with E-state index in [2.05, 4.69) is 24.1 Å². The maximum absolute atomic E-state index is 12.4. The Morgan fingerprint density at radius 2 is 1.82 bits per heavy atom. The minimum absolute atomic E-state index is 0.145. The summed E-state index contributed by atoms with van der Waals surface area (Å²) >= 11 is 0. The normalized spacial score (nSPS) is 18.2. The lowest BCUT2D eigenvalue weighted by atomic mass is 9.89. The van der Waals surface area contributed by atoms with Crippen molar-refractivity contribution < 1.29 is 9.53 Å². The summed E-state index contributed by atoms with van der Waals surface area (Å²) in [6, 6.07) is 0.199. The lowest BCUT2D eigenvalue weighted by Gasteiger charge is -2.42. The predicted molar refractivity (Wildman–Crippen MR) is 92.0 cm³/mol. The van der Waals surface area contributed by atoms with Crippen molar-refractivity contribution in [1.29, 1.82) is 0 Å². The molecular formula is C18H36N2O2. The van der Waals surface area contributed by atoms with Gasteiger partial charge in [-0.25, -0.2) is 0 Å². The number of likely N-dealkylation sites (tertiary alicyclic amines) is 1. The standard InChI is InChI=1S/C18H36N2O2/c1-14(2)19-17(21)18(5,6)20-11-9-16(10-12-20)8-7-13-22-15(3)4/h14-16H,7-13H2,1-6H3,(H,19,21). The highest BCUT2D eigenvalue weighted by Gasteiger charge is 2.36. The maximum Gasteiger partial charge on any atom is 0.240 e. The van der Waals surface area contributed by atoms with Crippen LogP contribution in [-0.2, 0) is 9.53 Å². The fourth-order valence-electron chi connectivity index (χ4n) is 3.05. The van der Waals surface area contributed by atoms with Gasteiger partial charge in [-0.15, -0.1) is 0 Å². The zero-order valence-corrected chi connectivity index (χ0v) is 15.4. The van der Waals surface area contributed by atoms with Crippen molar-refractivity contribution in [1.82, 2.24) is 10.2 Å². The molecule has 1 aliphatic heterocycles. The van der Waals surface area contributed by atoms with Gasteiger partial charge in [-0.05, 0) is 86.2 Å². The lowest BCUT2D eigenvalue weighted by molar-refractivity contribution is -0.133. The Hall–Kier alpha value is -0.610. The van der Waals surface area contributed by atoms with Gasteiger partial charge in [-0.1, -0.05) is 0 Å². The summed E-state index contributed by atoms with van der Waals surface area (Å²) < 4.78 is 5.61. The van der Waals surface area contributed by atoms with E-state index in [-0.39, 0.29) is 11.9 Å². The van der Waals surface area contributed by atoms with Gasteiger partial charge in [0.15, 0.2) is 0 Å². The number of nitrogens with zero attached hydrogens (tertiary/aromatic N) is 1. The van der Waals surface area contributed by atoms with Crippen molar-refractivity contribution in [3.05, 3.63) is 0 Å². The second kappa shape index (κ2) is 8.88.